The maximum atomic E-state index is 4.74. The summed E-state index contributed by atoms with van der Waals surface area (Å²) >= 11 is 1.62. The summed E-state index contributed by atoms with van der Waals surface area (Å²) in [5.41, 5.74) is 2.44. The van der Waals surface area contributed by atoms with Crippen molar-refractivity contribution in [1.29, 1.82) is 0 Å². The lowest BCUT2D eigenvalue weighted by Gasteiger charge is -2.19. The van der Waals surface area contributed by atoms with Gasteiger partial charge in [0.05, 0.1) is 0 Å². The molecule has 21 heavy (non-hydrogen) atoms. The van der Waals surface area contributed by atoms with Crippen molar-refractivity contribution < 1.29 is 0 Å². The first kappa shape index (κ1) is 16.6. The van der Waals surface area contributed by atoms with Crippen LogP contribution in [0.2, 0.25) is 0 Å². The molecule has 0 saturated heterocycles. The van der Waals surface area contributed by atoms with Gasteiger partial charge in [-0.1, -0.05) is 24.6 Å². The van der Waals surface area contributed by atoms with Crippen molar-refractivity contribution in [2.24, 2.45) is 0 Å². The highest BCUT2D eigenvalue weighted by Gasteiger charge is 2.18. The van der Waals surface area contributed by atoms with Crippen molar-refractivity contribution in [2.75, 3.05) is 32.2 Å². The van der Waals surface area contributed by atoms with E-state index in [4.69, 9.17) is 4.98 Å². The van der Waals surface area contributed by atoms with Gasteiger partial charge < -0.3 is 10.2 Å². The van der Waals surface area contributed by atoms with E-state index in [2.05, 4.69) is 36.2 Å². The molecule has 0 bridgehead atoms. The van der Waals surface area contributed by atoms with Gasteiger partial charge in [0.1, 0.15) is 5.82 Å². The van der Waals surface area contributed by atoms with Crippen LogP contribution in [-0.4, -0.2) is 47.8 Å². The Bertz CT molecular complexity index is 456. The van der Waals surface area contributed by atoms with E-state index >= 15 is 0 Å². The molecule has 1 aromatic rings. The fourth-order valence-corrected chi connectivity index (χ4v) is 3.33. The quantitative estimate of drug-likeness (QED) is 0.618. The molecule has 5 heteroatoms. The first-order chi connectivity index (χ1) is 10.1. The molecule has 1 heterocycles. The molecule has 4 nitrogen and oxygen atoms in total. The highest BCUT2D eigenvalue weighted by Crippen LogP contribution is 2.26. The number of hydrogen-bond acceptors (Lipinski definition) is 5. The Hall–Kier alpha value is -0.810. The highest BCUT2D eigenvalue weighted by molar-refractivity contribution is 7.98. The van der Waals surface area contributed by atoms with Crippen LogP contribution in [0.4, 0.5) is 5.82 Å². The molecular formula is C16H28N4S. The first-order valence-electron chi connectivity index (χ1n) is 7.93. The molecule has 0 aliphatic heterocycles. The third-order valence-electron chi connectivity index (χ3n) is 4.10. The van der Waals surface area contributed by atoms with Gasteiger partial charge >= 0.3 is 0 Å². The van der Waals surface area contributed by atoms with Crippen molar-refractivity contribution in [1.82, 2.24) is 14.9 Å². The van der Waals surface area contributed by atoms with Crippen LogP contribution in [0.3, 0.4) is 0 Å². The topological polar surface area (TPSA) is 41.1 Å². The van der Waals surface area contributed by atoms with Crippen molar-refractivity contribution in [3.8, 4) is 0 Å². The zero-order valence-corrected chi connectivity index (χ0v) is 14.6. The Kier molecular flexibility index (Phi) is 6.30. The Balaban J connectivity index is 2.14. The molecule has 1 aliphatic rings. The van der Waals surface area contributed by atoms with Crippen molar-refractivity contribution in [2.45, 2.75) is 56.6 Å². The van der Waals surface area contributed by atoms with Gasteiger partial charge in [0, 0.05) is 17.3 Å². The lowest BCUT2D eigenvalue weighted by Crippen LogP contribution is -2.19. The second-order valence-electron chi connectivity index (χ2n) is 6.16. The highest BCUT2D eigenvalue weighted by atomic mass is 32.2. The van der Waals surface area contributed by atoms with Crippen LogP contribution < -0.4 is 5.32 Å². The summed E-state index contributed by atoms with van der Waals surface area (Å²) in [7, 11) is 4.25. The second-order valence-corrected chi connectivity index (χ2v) is 6.93. The van der Waals surface area contributed by atoms with Crippen LogP contribution in [0, 0.1) is 6.92 Å². The number of rotatable bonds is 7. The molecule has 0 spiro atoms. The summed E-state index contributed by atoms with van der Waals surface area (Å²) in [4.78, 5) is 11.6. The predicted molar refractivity (Wildman–Crippen MR) is 91.3 cm³/mol. The third kappa shape index (κ3) is 4.85. The van der Waals surface area contributed by atoms with Crippen LogP contribution in [0.1, 0.15) is 43.4 Å². The SMILES string of the molecule is CSc1nc(C)c(CCCN(C)C)c(NC2CCCC2)n1. The van der Waals surface area contributed by atoms with E-state index in [1.54, 1.807) is 11.8 Å². The van der Waals surface area contributed by atoms with Crippen LogP contribution in [-0.2, 0) is 6.42 Å². The van der Waals surface area contributed by atoms with E-state index in [1.807, 2.05) is 6.26 Å². The van der Waals surface area contributed by atoms with E-state index in [0.29, 0.717) is 6.04 Å². The molecule has 1 saturated carbocycles. The summed E-state index contributed by atoms with van der Waals surface area (Å²) in [5, 5.41) is 4.56. The number of nitrogens with zero attached hydrogens (tertiary/aromatic N) is 3. The standard InChI is InChI=1S/C16H28N4S/c1-12-14(10-7-11-20(2)3)15(19-16(17-12)21-4)18-13-8-5-6-9-13/h13H,5-11H2,1-4H3,(H,17,18,19). The van der Waals surface area contributed by atoms with Crippen LogP contribution in [0.15, 0.2) is 5.16 Å². The molecule has 1 N–H and O–H groups in total. The molecular weight excluding hydrogens is 280 g/mol. The number of thioether (sulfide) groups is 1. The zero-order valence-electron chi connectivity index (χ0n) is 13.8. The molecule has 2 rings (SSSR count). The Morgan fingerprint density at radius 2 is 1.95 bits per heavy atom. The van der Waals surface area contributed by atoms with Crippen LogP contribution >= 0.6 is 11.8 Å². The lowest BCUT2D eigenvalue weighted by molar-refractivity contribution is 0.400. The third-order valence-corrected chi connectivity index (χ3v) is 4.65. The molecule has 1 aliphatic carbocycles. The Labute approximate surface area is 133 Å². The van der Waals surface area contributed by atoms with Crippen molar-refractivity contribution in [3.05, 3.63) is 11.3 Å². The fraction of sp³-hybridized carbons (Fsp3) is 0.750. The van der Waals surface area contributed by atoms with E-state index in [1.165, 1.54) is 31.2 Å². The average molecular weight is 308 g/mol. The number of hydrogen-bond donors (Lipinski definition) is 1. The van der Waals surface area contributed by atoms with E-state index in [9.17, 15) is 0 Å². The van der Waals surface area contributed by atoms with Crippen LogP contribution in [0.25, 0.3) is 0 Å². The van der Waals surface area contributed by atoms with Gasteiger partial charge in [-0.15, -0.1) is 0 Å². The van der Waals surface area contributed by atoms with Gasteiger partial charge in [-0.05, 0) is 59.5 Å². The Morgan fingerprint density at radius 3 is 2.57 bits per heavy atom. The normalized spacial score (nSPS) is 15.9. The summed E-state index contributed by atoms with van der Waals surface area (Å²) in [6.45, 7) is 3.22. The van der Waals surface area contributed by atoms with Gasteiger partial charge in [0.25, 0.3) is 0 Å². The molecule has 0 aromatic carbocycles. The van der Waals surface area contributed by atoms with E-state index < -0.39 is 0 Å². The second kappa shape index (κ2) is 7.99. The van der Waals surface area contributed by atoms with E-state index in [0.717, 1.165) is 36.1 Å². The molecule has 1 fully saturated rings. The van der Waals surface area contributed by atoms with Gasteiger partial charge in [0.2, 0.25) is 0 Å². The number of aryl methyl sites for hydroxylation is 1. The first-order valence-corrected chi connectivity index (χ1v) is 9.15. The van der Waals surface area contributed by atoms with Gasteiger partial charge in [0.15, 0.2) is 5.16 Å². The molecule has 0 unspecified atom stereocenters. The smallest absolute Gasteiger partial charge is 0.189 e. The van der Waals surface area contributed by atoms with Crippen molar-refractivity contribution >= 4 is 17.6 Å². The zero-order chi connectivity index (χ0) is 15.2. The van der Waals surface area contributed by atoms with E-state index in [-0.39, 0.29) is 0 Å². The summed E-state index contributed by atoms with van der Waals surface area (Å²) < 4.78 is 0. The summed E-state index contributed by atoms with van der Waals surface area (Å²) in [6.07, 6.45) is 9.46. The largest absolute Gasteiger partial charge is 0.367 e. The number of nitrogens with one attached hydrogen (secondary N) is 1. The van der Waals surface area contributed by atoms with Gasteiger partial charge in [-0.25, -0.2) is 9.97 Å². The molecule has 0 atom stereocenters. The summed E-state index contributed by atoms with van der Waals surface area (Å²) in [5.74, 6) is 1.08. The Morgan fingerprint density at radius 1 is 1.24 bits per heavy atom. The average Bonchev–Trinajstić information content (AvgIpc) is 2.94. The minimum atomic E-state index is 0.599. The minimum absolute atomic E-state index is 0.599. The lowest BCUT2D eigenvalue weighted by atomic mass is 10.1. The maximum absolute atomic E-state index is 4.74. The summed E-state index contributed by atoms with van der Waals surface area (Å²) in [6, 6.07) is 0.599. The molecule has 1 aromatic heterocycles. The van der Waals surface area contributed by atoms with Gasteiger partial charge in [-0.3, -0.25) is 0 Å². The molecule has 0 radical (unpaired) electrons. The molecule has 118 valence electrons. The fourth-order valence-electron chi connectivity index (χ4n) is 2.92. The van der Waals surface area contributed by atoms with Crippen LogP contribution in [0.5, 0.6) is 0 Å². The maximum Gasteiger partial charge on any atom is 0.189 e. The number of aromatic nitrogens is 2. The minimum Gasteiger partial charge on any atom is -0.367 e. The number of anilines is 1. The monoisotopic (exact) mass is 308 g/mol. The van der Waals surface area contributed by atoms with Gasteiger partial charge in [-0.2, -0.15) is 0 Å². The van der Waals surface area contributed by atoms with Crippen molar-refractivity contribution in [3.63, 3.8) is 0 Å². The predicted octanol–water partition coefficient (Wildman–Crippen LogP) is 3.36. The molecule has 0 amide bonds.